The molecule has 0 fully saturated rings. The smallest absolute Gasteiger partial charge is 0.248 e. The van der Waals surface area contributed by atoms with Crippen molar-refractivity contribution in [2.24, 2.45) is 0 Å². The number of aromatic nitrogens is 2. The second-order valence-corrected chi connectivity index (χ2v) is 6.49. The summed E-state index contributed by atoms with van der Waals surface area (Å²) in [6.07, 6.45) is 1.39. The Kier molecular flexibility index (Phi) is 4.37. The van der Waals surface area contributed by atoms with Gasteiger partial charge in [-0.15, -0.1) is 0 Å². The van der Waals surface area contributed by atoms with Crippen LogP contribution in [0.2, 0.25) is 5.02 Å². The largest absolute Gasteiger partial charge is 0.454 e. The molecular weight excluding hydrogens is 368 g/mol. The lowest BCUT2D eigenvalue weighted by molar-refractivity contribution is 0.174. The Morgan fingerprint density at radius 1 is 1.07 bits per heavy atom. The van der Waals surface area contributed by atoms with E-state index in [4.69, 9.17) is 31.5 Å². The molecule has 1 aliphatic rings. The number of aryl methyl sites for hydroxylation is 2. The average molecular weight is 385 g/mol. The number of halogens is 1. The number of nitrogens with two attached hydrogens (primary N) is 1. The van der Waals surface area contributed by atoms with Crippen LogP contribution in [0.4, 0.5) is 17.2 Å². The van der Waals surface area contributed by atoms with E-state index in [1.54, 1.807) is 0 Å². The first kappa shape index (κ1) is 17.2. The Hall–Kier alpha value is -3.19. The van der Waals surface area contributed by atoms with Crippen LogP contribution in [0.1, 0.15) is 11.1 Å². The molecule has 0 amide bonds. The van der Waals surface area contributed by atoms with Gasteiger partial charge in [0.1, 0.15) is 17.8 Å². The van der Waals surface area contributed by atoms with Crippen LogP contribution in [0.15, 0.2) is 36.7 Å². The number of nitrogens with one attached hydrogen (secondary N) is 1. The molecule has 0 radical (unpaired) electrons. The highest BCUT2D eigenvalue weighted by molar-refractivity contribution is 6.32. The van der Waals surface area contributed by atoms with Gasteiger partial charge in [0.15, 0.2) is 17.3 Å². The summed E-state index contributed by atoms with van der Waals surface area (Å²) in [5.41, 5.74) is 9.08. The molecule has 8 heteroatoms. The minimum Gasteiger partial charge on any atom is -0.454 e. The number of fused-ring (bicyclic) bond motifs is 1. The normalized spacial score (nSPS) is 12.1. The molecule has 0 saturated heterocycles. The minimum absolute atomic E-state index is 0.215. The van der Waals surface area contributed by atoms with Gasteiger partial charge in [-0.1, -0.05) is 11.6 Å². The summed E-state index contributed by atoms with van der Waals surface area (Å²) in [6.45, 7) is 4.04. The molecule has 0 spiro atoms. The molecule has 4 rings (SSSR count). The van der Waals surface area contributed by atoms with Crippen LogP contribution in [-0.2, 0) is 0 Å². The molecule has 1 aromatic heterocycles. The summed E-state index contributed by atoms with van der Waals surface area (Å²) in [6, 6.07) is 9.15. The Morgan fingerprint density at radius 2 is 1.81 bits per heavy atom. The molecule has 3 N–H and O–H groups in total. The van der Waals surface area contributed by atoms with Crippen LogP contribution in [0.3, 0.4) is 0 Å². The molecule has 138 valence electrons. The fourth-order valence-electron chi connectivity index (χ4n) is 2.75. The van der Waals surface area contributed by atoms with Crippen LogP contribution < -0.4 is 25.3 Å². The Morgan fingerprint density at radius 3 is 2.59 bits per heavy atom. The summed E-state index contributed by atoms with van der Waals surface area (Å²) in [5.74, 6) is 2.66. The van der Waals surface area contributed by atoms with E-state index in [2.05, 4.69) is 15.3 Å². The van der Waals surface area contributed by atoms with Crippen molar-refractivity contribution in [1.29, 1.82) is 0 Å². The predicted molar refractivity (Wildman–Crippen MR) is 103 cm³/mol. The number of nitrogen functional groups attached to an aromatic ring is 1. The topological polar surface area (TPSA) is 91.5 Å². The maximum Gasteiger partial charge on any atom is 0.248 e. The van der Waals surface area contributed by atoms with E-state index in [1.165, 1.54) is 6.33 Å². The maximum absolute atomic E-state index is 6.20. The van der Waals surface area contributed by atoms with E-state index in [0.717, 1.165) is 16.8 Å². The highest BCUT2D eigenvalue weighted by Gasteiger charge is 2.16. The number of hydrogen-bond donors (Lipinski definition) is 2. The Labute approximate surface area is 161 Å². The predicted octanol–water partition coefficient (Wildman–Crippen LogP) is 4.59. The third kappa shape index (κ3) is 3.41. The van der Waals surface area contributed by atoms with E-state index >= 15 is 0 Å². The summed E-state index contributed by atoms with van der Waals surface area (Å²) in [7, 11) is 0. The van der Waals surface area contributed by atoms with Crippen molar-refractivity contribution in [3.8, 4) is 23.1 Å². The summed E-state index contributed by atoms with van der Waals surface area (Å²) in [4.78, 5) is 8.34. The van der Waals surface area contributed by atoms with Gasteiger partial charge in [-0.05, 0) is 49.2 Å². The van der Waals surface area contributed by atoms with Gasteiger partial charge in [-0.2, -0.15) is 4.98 Å². The first-order chi connectivity index (χ1) is 13.0. The maximum atomic E-state index is 6.20. The molecule has 0 unspecified atom stereocenters. The van der Waals surface area contributed by atoms with E-state index in [-0.39, 0.29) is 12.7 Å². The third-order valence-corrected chi connectivity index (χ3v) is 4.70. The zero-order valence-corrected chi connectivity index (χ0v) is 15.5. The van der Waals surface area contributed by atoms with Crippen molar-refractivity contribution in [3.63, 3.8) is 0 Å². The zero-order valence-electron chi connectivity index (χ0n) is 14.7. The SMILES string of the molecule is Cc1cc(Oc2ncnc(Nc3ccc4c(c3)OCO4)c2N)cc(C)c1Cl. The quantitative estimate of drug-likeness (QED) is 0.679. The van der Waals surface area contributed by atoms with Crippen LogP contribution in [0, 0.1) is 13.8 Å². The lowest BCUT2D eigenvalue weighted by Crippen LogP contribution is -2.03. The second-order valence-electron chi connectivity index (χ2n) is 6.11. The Bertz CT molecular complexity index is 1000. The molecular formula is C19H17ClN4O3. The van der Waals surface area contributed by atoms with Crippen LogP contribution in [0.5, 0.6) is 23.1 Å². The molecule has 3 aromatic rings. The van der Waals surface area contributed by atoms with Crippen LogP contribution in [-0.4, -0.2) is 16.8 Å². The molecule has 1 aliphatic heterocycles. The van der Waals surface area contributed by atoms with Crippen LogP contribution in [0.25, 0.3) is 0 Å². The fourth-order valence-corrected chi connectivity index (χ4v) is 2.86. The number of benzene rings is 2. The summed E-state index contributed by atoms with van der Waals surface area (Å²) < 4.78 is 16.5. The highest BCUT2D eigenvalue weighted by Crippen LogP contribution is 2.37. The number of anilines is 3. The minimum atomic E-state index is 0.215. The molecule has 0 saturated carbocycles. The third-order valence-electron chi connectivity index (χ3n) is 4.11. The molecule has 0 atom stereocenters. The van der Waals surface area contributed by atoms with Crippen molar-refractivity contribution < 1.29 is 14.2 Å². The van der Waals surface area contributed by atoms with Gasteiger partial charge in [0.05, 0.1) is 0 Å². The summed E-state index contributed by atoms with van der Waals surface area (Å²) >= 11 is 6.20. The van der Waals surface area contributed by atoms with Gasteiger partial charge in [0.25, 0.3) is 0 Å². The molecule has 0 bridgehead atoms. The number of nitrogens with zero attached hydrogens (tertiary/aromatic N) is 2. The van der Waals surface area contributed by atoms with Gasteiger partial charge >= 0.3 is 0 Å². The van der Waals surface area contributed by atoms with Crippen molar-refractivity contribution in [2.75, 3.05) is 17.8 Å². The van der Waals surface area contributed by atoms with Crippen molar-refractivity contribution in [1.82, 2.24) is 9.97 Å². The first-order valence-electron chi connectivity index (χ1n) is 8.23. The van der Waals surface area contributed by atoms with Gasteiger partial charge < -0.3 is 25.3 Å². The molecule has 2 aromatic carbocycles. The molecule has 2 heterocycles. The average Bonchev–Trinajstić information content (AvgIpc) is 3.11. The number of hydrogen-bond acceptors (Lipinski definition) is 7. The lowest BCUT2D eigenvalue weighted by Gasteiger charge is -2.13. The van der Waals surface area contributed by atoms with Gasteiger partial charge in [-0.25, -0.2) is 4.98 Å². The number of rotatable bonds is 4. The summed E-state index contributed by atoms with van der Waals surface area (Å²) in [5, 5.41) is 3.86. The van der Waals surface area contributed by atoms with E-state index < -0.39 is 0 Å². The van der Waals surface area contributed by atoms with Crippen molar-refractivity contribution >= 4 is 28.8 Å². The molecule has 27 heavy (non-hydrogen) atoms. The standard InChI is InChI=1S/C19H17ClN4O3/c1-10-5-13(6-11(2)16(10)20)27-19-17(21)18(22-8-23-19)24-12-3-4-14-15(7-12)26-9-25-14/h3-8H,9,21H2,1-2H3,(H,22,23,24). The number of ether oxygens (including phenoxy) is 3. The molecule has 0 aliphatic carbocycles. The molecule has 7 nitrogen and oxygen atoms in total. The van der Waals surface area contributed by atoms with Crippen molar-refractivity contribution in [2.45, 2.75) is 13.8 Å². The highest BCUT2D eigenvalue weighted by atomic mass is 35.5. The van der Waals surface area contributed by atoms with Crippen molar-refractivity contribution in [3.05, 3.63) is 52.8 Å². The first-order valence-corrected chi connectivity index (χ1v) is 8.61. The van der Waals surface area contributed by atoms with E-state index in [0.29, 0.717) is 33.8 Å². The zero-order chi connectivity index (χ0) is 19.0. The van der Waals surface area contributed by atoms with Crippen LogP contribution >= 0.6 is 11.6 Å². The van der Waals surface area contributed by atoms with Gasteiger partial charge in [-0.3, -0.25) is 0 Å². The van der Waals surface area contributed by atoms with Gasteiger partial charge in [0.2, 0.25) is 12.7 Å². The van der Waals surface area contributed by atoms with Gasteiger partial charge in [0, 0.05) is 16.8 Å². The van der Waals surface area contributed by atoms with E-state index in [9.17, 15) is 0 Å². The Balaban J connectivity index is 1.59. The van der Waals surface area contributed by atoms with E-state index in [1.807, 2.05) is 44.2 Å². The monoisotopic (exact) mass is 384 g/mol. The fraction of sp³-hybridized carbons (Fsp3) is 0.158. The lowest BCUT2D eigenvalue weighted by atomic mass is 10.1. The second kappa shape index (κ2) is 6.85.